The Kier molecular flexibility index (Phi) is 2.12. The molecule has 0 unspecified atom stereocenters. The number of nitrogens with two attached hydrogens (primary N) is 1. The van der Waals surface area contributed by atoms with Crippen molar-refractivity contribution in [2.45, 2.75) is 18.9 Å². The second-order valence-electron chi connectivity index (χ2n) is 2.50. The molecule has 0 amide bonds. The van der Waals surface area contributed by atoms with Crippen LogP contribution in [0.15, 0.2) is 11.2 Å². The molecule has 2 N–H and O–H groups in total. The third-order valence-electron chi connectivity index (χ3n) is 1.58. The van der Waals surface area contributed by atoms with Crippen molar-refractivity contribution < 1.29 is 8.42 Å². The Morgan fingerprint density at radius 3 is 2.42 bits per heavy atom. The zero-order chi connectivity index (χ0) is 9.35. The Balaban J connectivity index is 3.47. The summed E-state index contributed by atoms with van der Waals surface area (Å²) >= 11 is 0. The average molecular weight is 187 g/mol. The van der Waals surface area contributed by atoms with Gasteiger partial charge in [-0.2, -0.15) is 5.10 Å². The Morgan fingerprint density at radius 1 is 1.42 bits per heavy atom. The van der Waals surface area contributed by atoms with E-state index < -0.39 is 10.0 Å². The number of nitrogens with zero attached hydrogens (tertiary/aromatic N) is 2. The SMILES string of the molecule is Cc1cnnc(S(N)(=O)=O)c1C. The molecule has 0 aliphatic carbocycles. The summed E-state index contributed by atoms with van der Waals surface area (Å²) in [5.41, 5.74) is 1.31. The summed E-state index contributed by atoms with van der Waals surface area (Å²) in [6.45, 7) is 3.39. The number of primary sulfonamides is 1. The second kappa shape index (κ2) is 2.80. The Bertz CT molecular complexity index is 399. The van der Waals surface area contributed by atoms with Crippen molar-refractivity contribution >= 4 is 10.0 Å². The topological polar surface area (TPSA) is 85.9 Å². The van der Waals surface area contributed by atoms with E-state index in [2.05, 4.69) is 10.2 Å². The first kappa shape index (κ1) is 9.08. The Labute approximate surface area is 70.7 Å². The average Bonchev–Trinajstić information content (AvgIpc) is 1.92. The summed E-state index contributed by atoms with van der Waals surface area (Å²) in [7, 11) is -3.73. The van der Waals surface area contributed by atoms with Crippen LogP contribution in [0, 0.1) is 13.8 Å². The van der Waals surface area contributed by atoms with Crippen LogP contribution in [0.4, 0.5) is 0 Å². The van der Waals surface area contributed by atoms with Crippen molar-refractivity contribution in [1.29, 1.82) is 0 Å². The van der Waals surface area contributed by atoms with Crippen molar-refractivity contribution in [1.82, 2.24) is 10.2 Å². The first-order chi connectivity index (χ1) is 5.43. The molecule has 12 heavy (non-hydrogen) atoms. The molecule has 6 heteroatoms. The molecule has 1 rings (SSSR count). The van der Waals surface area contributed by atoms with E-state index in [1.807, 2.05) is 0 Å². The lowest BCUT2D eigenvalue weighted by Crippen LogP contribution is -2.16. The first-order valence-electron chi connectivity index (χ1n) is 3.24. The molecular weight excluding hydrogens is 178 g/mol. The molecule has 0 saturated heterocycles. The maximum Gasteiger partial charge on any atom is 0.257 e. The maximum absolute atomic E-state index is 10.9. The van der Waals surface area contributed by atoms with Gasteiger partial charge in [0.2, 0.25) is 0 Å². The number of rotatable bonds is 1. The van der Waals surface area contributed by atoms with Crippen molar-refractivity contribution in [2.24, 2.45) is 5.14 Å². The van der Waals surface area contributed by atoms with Gasteiger partial charge in [0.15, 0.2) is 5.03 Å². The molecule has 5 nitrogen and oxygen atoms in total. The summed E-state index contributed by atoms with van der Waals surface area (Å²) in [5, 5.41) is 11.7. The third kappa shape index (κ3) is 1.59. The van der Waals surface area contributed by atoms with Gasteiger partial charge in [0.1, 0.15) is 0 Å². The van der Waals surface area contributed by atoms with Crippen molar-refractivity contribution in [3.8, 4) is 0 Å². The molecule has 1 aromatic heterocycles. The summed E-state index contributed by atoms with van der Waals surface area (Å²) in [6.07, 6.45) is 1.49. The lowest BCUT2D eigenvalue weighted by atomic mass is 10.2. The van der Waals surface area contributed by atoms with E-state index in [9.17, 15) is 8.42 Å². The van der Waals surface area contributed by atoms with Crippen LogP contribution in [0.1, 0.15) is 11.1 Å². The zero-order valence-corrected chi connectivity index (χ0v) is 7.59. The molecule has 0 fully saturated rings. The van der Waals surface area contributed by atoms with E-state index in [4.69, 9.17) is 5.14 Å². The van der Waals surface area contributed by atoms with Gasteiger partial charge in [-0.3, -0.25) is 0 Å². The van der Waals surface area contributed by atoms with Gasteiger partial charge in [0.05, 0.1) is 6.20 Å². The molecule has 0 saturated carbocycles. The van der Waals surface area contributed by atoms with Crippen LogP contribution < -0.4 is 5.14 Å². The standard InChI is InChI=1S/C6H9N3O2S/c1-4-3-8-9-6(5(4)2)12(7,10)11/h3H,1-2H3,(H2,7,10,11). The number of hydrogen-bond donors (Lipinski definition) is 1. The Morgan fingerprint density at radius 2 is 2.00 bits per heavy atom. The lowest BCUT2D eigenvalue weighted by Gasteiger charge is -2.02. The monoisotopic (exact) mass is 187 g/mol. The van der Waals surface area contributed by atoms with E-state index in [0.717, 1.165) is 5.56 Å². The first-order valence-corrected chi connectivity index (χ1v) is 4.79. The summed E-state index contributed by atoms with van der Waals surface area (Å²) in [4.78, 5) is 0. The van der Waals surface area contributed by atoms with Gasteiger partial charge in [-0.25, -0.2) is 13.6 Å². The molecule has 66 valence electrons. The highest BCUT2D eigenvalue weighted by Gasteiger charge is 2.14. The van der Waals surface area contributed by atoms with Crippen LogP contribution >= 0.6 is 0 Å². The Hall–Kier alpha value is -1.01. The summed E-state index contributed by atoms with van der Waals surface area (Å²) in [5.74, 6) is 0. The smallest absolute Gasteiger partial charge is 0.223 e. The summed E-state index contributed by atoms with van der Waals surface area (Å²) in [6, 6.07) is 0. The number of aryl methyl sites for hydroxylation is 1. The van der Waals surface area contributed by atoms with Crippen LogP contribution in [-0.4, -0.2) is 18.6 Å². The van der Waals surface area contributed by atoms with Crippen molar-refractivity contribution in [3.05, 3.63) is 17.3 Å². The minimum atomic E-state index is -3.73. The molecule has 1 heterocycles. The fourth-order valence-corrected chi connectivity index (χ4v) is 1.53. The highest BCUT2D eigenvalue weighted by atomic mass is 32.2. The number of hydrogen-bond acceptors (Lipinski definition) is 4. The van der Waals surface area contributed by atoms with Crippen LogP contribution in [0.5, 0.6) is 0 Å². The number of aromatic nitrogens is 2. The molecule has 0 atom stereocenters. The van der Waals surface area contributed by atoms with Crippen LogP contribution in [0.3, 0.4) is 0 Å². The predicted molar refractivity (Wildman–Crippen MR) is 42.9 cm³/mol. The minimum Gasteiger partial charge on any atom is -0.223 e. The molecule has 0 spiro atoms. The molecule has 0 aromatic carbocycles. The summed E-state index contributed by atoms with van der Waals surface area (Å²) < 4.78 is 21.8. The maximum atomic E-state index is 10.9. The second-order valence-corrected chi connectivity index (χ2v) is 3.98. The molecule has 0 aliphatic heterocycles. The molecule has 0 aliphatic rings. The van der Waals surface area contributed by atoms with Gasteiger partial charge in [0, 0.05) is 0 Å². The highest BCUT2D eigenvalue weighted by Crippen LogP contribution is 2.11. The third-order valence-corrected chi connectivity index (χ3v) is 2.51. The van der Waals surface area contributed by atoms with Crippen LogP contribution in [-0.2, 0) is 10.0 Å². The van der Waals surface area contributed by atoms with E-state index >= 15 is 0 Å². The van der Waals surface area contributed by atoms with Crippen LogP contribution in [0.2, 0.25) is 0 Å². The normalized spacial score (nSPS) is 11.6. The minimum absolute atomic E-state index is 0.150. The van der Waals surface area contributed by atoms with Crippen LogP contribution in [0.25, 0.3) is 0 Å². The fraction of sp³-hybridized carbons (Fsp3) is 0.333. The van der Waals surface area contributed by atoms with Gasteiger partial charge in [-0.05, 0) is 25.0 Å². The molecule has 0 bridgehead atoms. The molecular formula is C6H9N3O2S. The molecule has 1 aromatic rings. The largest absolute Gasteiger partial charge is 0.257 e. The quantitative estimate of drug-likeness (QED) is 0.656. The van der Waals surface area contributed by atoms with Gasteiger partial charge in [-0.1, -0.05) is 0 Å². The van der Waals surface area contributed by atoms with Gasteiger partial charge < -0.3 is 0 Å². The van der Waals surface area contributed by atoms with Gasteiger partial charge >= 0.3 is 0 Å². The van der Waals surface area contributed by atoms with E-state index in [1.165, 1.54) is 6.20 Å². The highest BCUT2D eigenvalue weighted by molar-refractivity contribution is 7.89. The lowest BCUT2D eigenvalue weighted by molar-refractivity contribution is 0.590. The van der Waals surface area contributed by atoms with E-state index in [0.29, 0.717) is 5.56 Å². The van der Waals surface area contributed by atoms with E-state index in [-0.39, 0.29) is 5.03 Å². The zero-order valence-electron chi connectivity index (χ0n) is 6.77. The van der Waals surface area contributed by atoms with Gasteiger partial charge in [-0.15, -0.1) is 5.10 Å². The predicted octanol–water partition coefficient (Wildman–Crippen LogP) is -0.259. The van der Waals surface area contributed by atoms with Crippen molar-refractivity contribution in [3.63, 3.8) is 0 Å². The van der Waals surface area contributed by atoms with Crippen molar-refractivity contribution in [2.75, 3.05) is 0 Å². The van der Waals surface area contributed by atoms with E-state index in [1.54, 1.807) is 13.8 Å². The number of sulfonamides is 1. The molecule has 0 radical (unpaired) electrons. The van der Waals surface area contributed by atoms with Gasteiger partial charge in [0.25, 0.3) is 10.0 Å². The fourth-order valence-electron chi connectivity index (χ4n) is 0.779.